The Hall–Kier alpha value is -3.22. The quantitative estimate of drug-likeness (QED) is 0.681. The molecule has 0 spiro atoms. The molecule has 3 aromatic rings. The van der Waals surface area contributed by atoms with Crippen LogP contribution >= 0.6 is 0 Å². The number of hydrogen-bond acceptors (Lipinski definition) is 4. The molecule has 7 heteroatoms. The fourth-order valence-corrected chi connectivity index (χ4v) is 3.17. The van der Waals surface area contributed by atoms with Gasteiger partial charge in [-0.3, -0.25) is 4.79 Å². The summed E-state index contributed by atoms with van der Waals surface area (Å²) in [7, 11) is 0. The number of nitrogens with zero attached hydrogens (tertiary/aromatic N) is 2. The molecule has 28 heavy (non-hydrogen) atoms. The maximum atomic E-state index is 13.9. The smallest absolute Gasteiger partial charge is 0.257 e. The van der Waals surface area contributed by atoms with Crippen molar-refractivity contribution >= 4 is 5.91 Å². The van der Waals surface area contributed by atoms with Crippen molar-refractivity contribution in [1.29, 1.82) is 0 Å². The van der Waals surface area contributed by atoms with Gasteiger partial charge < -0.3 is 14.1 Å². The van der Waals surface area contributed by atoms with E-state index in [4.69, 9.17) is 9.15 Å². The maximum absolute atomic E-state index is 13.9. The second-order valence-electron chi connectivity index (χ2n) is 6.66. The Balaban J connectivity index is 1.45. The van der Waals surface area contributed by atoms with Gasteiger partial charge in [0.15, 0.2) is 18.2 Å². The molecule has 4 rings (SSSR count). The lowest BCUT2D eigenvalue weighted by Gasteiger charge is -2.25. The molecule has 0 unspecified atom stereocenters. The number of aryl methyl sites for hydroxylation is 1. The average Bonchev–Trinajstić information content (AvgIpc) is 3.10. The van der Waals surface area contributed by atoms with Gasteiger partial charge in [-0.05, 0) is 36.8 Å². The van der Waals surface area contributed by atoms with Crippen LogP contribution in [0.3, 0.4) is 0 Å². The predicted molar refractivity (Wildman–Crippen MR) is 96.8 cm³/mol. The molecular weight excluding hydrogens is 366 g/mol. The van der Waals surface area contributed by atoms with E-state index in [1.165, 1.54) is 17.0 Å². The Kier molecular flexibility index (Phi) is 4.81. The number of fused-ring (bicyclic) bond motifs is 1. The molecule has 1 aliphatic heterocycles. The molecule has 0 saturated carbocycles. The van der Waals surface area contributed by atoms with Crippen molar-refractivity contribution in [2.75, 3.05) is 6.54 Å². The van der Waals surface area contributed by atoms with Crippen molar-refractivity contribution in [2.24, 2.45) is 0 Å². The third-order valence-corrected chi connectivity index (χ3v) is 4.60. The lowest BCUT2D eigenvalue weighted by atomic mass is 10.1. The first-order valence-electron chi connectivity index (χ1n) is 8.91. The Labute approximate surface area is 160 Å². The first-order valence-corrected chi connectivity index (χ1v) is 8.91. The molecule has 0 atom stereocenters. The Morgan fingerprint density at radius 1 is 1.25 bits per heavy atom. The van der Waals surface area contributed by atoms with E-state index in [0.29, 0.717) is 24.6 Å². The van der Waals surface area contributed by atoms with E-state index in [1.807, 2.05) is 31.2 Å². The van der Waals surface area contributed by atoms with Gasteiger partial charge in [-0.25, -0.2) is 13.8 Å². The summed E-state index contributed by atoms with van der Waals surface area (Å²) in [4.78, 5) is 18.4. The number of amides is 1. The van der Waals surface area contributed by atoms with Crippen LogP contribution in [-0.2, 0) is 19.6 Å². The number of aromatic nitrogens is 1. The van der Waals surface area contributed by atoms with Gasteiger partial charge in [0, 0.05) is 13.0 Å². The predicted octanol–water partition coefficient (Wildman–Crippen LogP) is 4.04. The number of hydrogen-bond donors (Lipinski definition) is 0. The SMILES string of the molecule is Cc1cccc(OCc2nc3c(o2)CN(C(=O)c2cccc(F)c2F)CC3)c1. The molecule has 2 aromatic carbocycles. The van der Waals surface area contributed by atoms with Crippen molar-refractivity contribution in [1.82, 2.24) is 9.88 Å². The third-order valence-electron chi connectivity index (χ3n) is 4.60. The highest BCUT2D eigenvalue weighted by molar-refractivity contribution is 5.94. The van der Waals surface area contributed by atoms with Crippen molar-refractivity contribution in [2.45, 2.75) is 26.5 Å². The minimum atomic E-state index is -1.14. The first kappa shape index (κ1) is 18.2. The zero-order chi connectivity index (χ0) is 19.7. The number of carbonyl (C=O) groups is 1. The van der Waals surface area contributed by atoms with Gasteiger partial charge in [0.1, 0.15) is 11.5 Å². The summed E-state index contributed by atoms with van der Waals surface area (Å²) >= 11 is 0. The molecule has 0 radical (unpaired) electrons. The van der Waals surface area contributed by atoms with E-state index in [2.05, 4.69) is 4.98 Å². The number of benzene rings is 2. The van der Waals surface area contributed by atoms with Crippen molar-refractivity contribution in [3.05, 3.63) is 82.6 Å². The maximum Gasteiger partial charge on any atom is 0.257 e. The van der Waals surface area contributed by atoms with Crippen LogP contribution in [0.2, 0.25) is 0 Å². The molecular formula is C21H18F2N2O3. The van der Waals surface area contributed by atoms with Gasteiger partial charge in [-0.1, -0.05) is 18.2 Å². The summed E-state index contributed by atoms with van der Waals surface area (Å²) in [5.74, 6) is -1.08. The van der Waals surface area contributed by atoms with Crippen LogP contribution in [0, 0.1) is 18.6 Å². The molecule has 0 saturated heterocycles. The van der Waals surface area contributed by atoms with E-state index >= 15 is 0 Å². The molecule has 1 aliphatic rings. The van der Waals surface area contributed by atoms with Crippen LogP contribution in [0.5, 0.6) is 5.75 Å². The van der Waals surface area contributed by atoms with Gasteiger partial charge in [-0.2, -0.15) is 0 Å². The second-order valence-corrected chi connectivity index (χ2v) is 6.66. The number of ether oxygens (including phenoxy) is 1. The zero-order valence-electron chi connectivity index (χ0n) is 15.2. The summed E-state index contributed by atoms with van der Waals surface area (Å²) in [5, 5.41) is 0. The molecule has 144 valence electrons. The molecule has 0 bridgehead atoms. The molecule has 1 aromatic heterocycles. The van der Waals surface area contributed by atoms with Gasteiger partial charge in [0.25, 0.3) is 5.91 Å². The van der Waals surface area contributed by atoms with E-state index in [1.54, 1.807) is 0 Å². The van der Waals surface area contributed by atoms with Crippen molar-refractivity contribution in [3.63, 3.8) is 0 Å². The lowest BCUT2D eigenvalue weighted by Crippen LogP contribution is -2.36. The van der Waals surface area contributed by atoms with Crippen LogP contribution < -0.4 is 4.74 Å². The molecule has 0 fully saturated rings. The lowest BCUT2D eigenvalue weighted by molar-refractivity contribution is 0.0712. The molecule has 0 aliphatic carbocycles. The summed E-state index contributed by atoms with van der Waals surface area (Å²) in [6, 6.07) is 11.2. The molecule has 1 amide bonds. The van der Waals surface area contributed by atoms with Crippen LogP contribution in [0.4, 0.5) is 8.78 Å². The topological polar surface area (TPSA) is 55.6 Å². The normalized spacial score (nSPS) is 13.3. The van der Waals surface area contributed by atoms with E-state index < -0.39 is 17.5 Å². The van der Waals surface area contributed by atoms with Crippen LogP contribution in [0.15, 0.2) is 46.9 Å². The van der Waals surface area contributed by atoms with Crippen molar-refractivity contribution < 1.29 is 22.7 Å². The van der Waals surface area contributed by atoms with Gasteiger partial charge >= 0.3 is 0 Å². The monoisotopic (exact) mass is 384 g/mol. The minimum Gasteiger partial charge on any atom is -0.484 e. The highest BCUT2D eigenvalue weighted by atomic mass is 19.2. The highest BCUT2D eigenvalue weighted by Crippen LogP contribution is 2.24. The van der Waals surface area contributed by atoms with E-state index in [9.17, 15) is 13.6 Å². The third kappa shape index (κ3) is 3.60. The summed E-state index contributed by atoms with van der Waals surface area (Å²) in [6.45, 7) is 2.65. The average molecular weight is 384 g/mol. The highest BCUT2D eigenvalue weighted by Gasteiger charge is 2.28. The van der Waals surface area contributed by atoms with Crippen molar-refractivity contribution in [3.8, 4) is 5.75 Å². The van der Waals surface area contributed by atoms with Crippen LogP contribution in [0.1, 0.15) is 33.3 Å². The molecule has 2 heterocycles. The van der Waals surface area contributed by atoms with Gasteiger partial charge in [0.2, 0.25) is 5.89 Å². The summed E-state index contributed by atoms with van der Waals surface area (Å²) < 4.78 is 38.8. The van der Waals surface area contributed by atoms with E-state index in [0.717, 1.165) is 23.1 Å². The Morgan fingerprint density at radius 3 is 2.89 bits per heavy atom. The largest absolute Gasteiger partial charge is 0.484 e. The fourth-order valence-electron chi connectivity index (χ4n) is 3.17. The number of carbonyl (C=O) groups excluding carboxylic acids is 1. The first-order chi connectivity index (χ1) is 13.5. The Morgan fingerprint density at radius 2 is 2.07 bits per heavy atom. The van der Waals surface area contributed by atoms with Crippen LogP contribution in [0.25, 0.3) is 0 Å². The zero-order valence-corrected chi connectivity index (χ0v) is 15.2. The van der Waals surface area contributed by atoms with Crippen LogP contribution in [-0.4, -0.2) is 22.3 Å². The fraction of sp³-hybridized carbons (Fsp3) is 0.238. The molecule has 5 nitrogen and oxygen atoms in total. The number of halogens is 2. The minimum absolute atomic E-state index is 0.154. The summed E-state index contributed by atoms with van der Waals surface area (Å²) in [5.41, 5.74) is 1.56. The van der Waals surface area contributed by atoms with E-state index in [-0.39, 0.29) is 18.7 Å². The van der Waals surface area contributed by atoms with Gasteiger partial charge in [0.05, 0.1) is 17.8 Å². The molecule has 0 N–H and O–H groups in total. The standard InChI is InChI=1S/C21H18F2N2O3/c1-13-4-2-5-14(10-13)27-12-19-24-17-8-9-25(11-18(17)28-19)21(26)15-6-3-7-16(22)20(15)23/h2-7,10H,8-9,11-12H2,1H3. The summed E-state index contributed by atoms with van der Waals surface area (Å²) in [6.07, 6.45) is 0.478. The second kappa shape index (κ2) is 7.42. The van der Waals surface area contributed by atoms with Gasteiger partial charge in [-0.15, -0.1) is 0 Å². The number of oxazole rings is 1. The Bertz CT molecular complexity index is 1030. The number of rotatable bonds is 4.